The van der Waals surface area contributed by atoms with Gasteiger partial charge in [0, 0.05) is 37.4 Å². The molecule has 0 fully saturated rings. The van der Waals surface area contributed by atoms with Crippen molar-refractivity contribution in [1.29, 1.82) is 0 Å². The molecule has 2 heterocycles. The molecule has 4 rings (SSSR count). The van der Waals surface area contributed by atoms with Crippen LogP contribution in [0.25, 0.3) is 21.5 Å². The average molecular weight is 464 g/mol. The van der Waals surface area contributed by atoms with E-state index in [1.807, 2.05) is 48.5 Å². The zero-order valence-corrected chi connectivity index (χ0v) is 17.8. The molecule has 2 N–H and O–H groups in total. The van der Waals surface area contributed by atoms with Gasteiger partial charge in [0.1, 0.15) is 0 Å². The molecule has 0 amide bonds. The Kier molecular flexibility index (Phi) is 13.0. The molecule has 162 valence electrons. The molecule has 0 aliphatic carbocycles. The Bertz CT molecular complexity index is 1030. The van der Waals surface area contributed by atoms with Crippen LogP contribution >= 0.6 is 0 Å². The minimum Gasteiger partial charge on any atom is -0.543 e. The predicted molar refractivity (Wildman–Crippen MR) is 108 cm³/mol. The van der Waals surface area contributed by atoms with E-state index in [2.05, 4.69) is 9.97 Å². The number of fused-ring (bicyclic) bond motifs is 2. The van der Waals surface area contributed by atoms with Crippen LogP contribution in [0.15, 0.2) is 73.1 Å². The third kappa shape index (κ3) is 8.12. The van der Waals surface area contributed by atoms with Gasteiger partial charge < -0.3 is 30.0 Å². The molecule has 2 aromatic heterocycles. The number of pyridine rings is 2. The molecule has 0 saturated heterocycles. The van der Waals surface area contributed by atoms with Gasteiger partial charge in [-0.25, -0.2) is 0 Å². The first kappa shape index (κ1) is 27.6. The Balaban J connectivity index is 0.000000487. The number of aliphatic hydroxyl groups excluding tert-OH is 2. The summed E-state index contributed by atoms with van der Waals surface area (Å²) < 4.78 is 0. The minimum absolute atomic E-state index is 0. The second kappa shape index (κ2) is 14.6. The molecule has 8 nitrogen and oxygen atoms in total. The number of benzene rings is 2. The van der Waals surface area contributed by atoms with Crippen LogP contribution < -0.4 is 10.2 Å². The van der Waals surface area contributed by atoms with E-state index in [1.54, 1.807) is 0 Å². The molecule has 0 atom stereocenters. The van der Waals surface area contributed by atoms with E-state index in [4.69, 9.17) is 10.2 Å². The number of carboxylic acids is 2. The number of carbonyl (C=O) groups excluding carboxylic acids is 2. The third-order valence-corrected chi connectivity index (χ3v) is 3.68. The third-order valence-electron chi connectivity index (χ3n) is 3.68. The van der Waals surface area contributed by atoms with Crippen molar-refractivity contribution in [3.05, 3.63) is 84.4 Å². The van der Waals surface area contributed by atoms with Crippen LogP contribution in [-0.2, 0) is 17.1 Å². The van der Waals surface area contributed by atoms with Gasteiger partial charge in [-0.05, 0) is 22.9 Å². The molecule has 0 spiro atoms. The normalized spacial score (nSPS) is 8.90. The Hall–Kier alpha value is -3.36. The molecule has 9 heteroatoms. The first-order valence-electron chi connectivity index (χ1n) is 8.56. The standard InChI is InChI=1S/2C10H7NO2.2CH4O.Fe/c2*12-10(13)9-5-7-3-1-2-4-8(7)6-11-9;2*1-2;/h2*1-6H,(H,12,13);2*2H,1H3;/q;;;;+2/p-2. The summed E-state index contributed by atoms with van der Waals surface area (Å²) in [5, 5.41) is 38.5. The van der Waals surface area contributed by atoms with Crippen LogP contribution in [0.1, 0.15) is 21.0 Å². The number of carboxylic acid groups (broad SMARTS) is 2. The number of hydrogen-bond donors (Lipinski definition) is 2. The van der Waals surface area contributed by atoms with Crippen molar-refractivity contribution >= 4 is 33.5 Å². The molecular weight excluding hydrogens is 444 g/mol. The molecule has 0 aliphatic rings. The molecule has 0 bridgehead atoms. The van der Waals surface area contributed by atoms with Crippen LogP contribution in [0.3, 0.4) is 0 Å². The fraction of sp³-hybridized carbons (Fsp3) is 0.0909. The van der Waals surface area contributed by atoms with Gasteiger partial charge in [-0.2, -0.15) is 0 Å². The van der Waals surface area contributed by atoms with E-state index in [1.165, 1.54) is 24.5 Å². The van der Waals surface area contributed by atoms with Gasteiger partial charge in [-0.3, -0.25) is 9.97 Å². The number of rotatable bonds is 2. The van der Waals surface area contributed by atoms with Crippen molar-refractivity contribution in [1.82, 2.24) is 9.97 Å². The van der Waals surface area contributed by atoms with Crippen LogP contribution in [0, 0.1) is 0 Å². The van der Waals surface area contributed by atoms with E-state index in [9.17, 15) is 19.8 Å². The summed E-state index contributed by atoms with van der Waals surface area (Å²) in [5.41, 5.74) is -0.0580. The van der Waals surface area contributed by atoms with Gasteiger partial charge in [0.05, 0.1) is 23.3 Å². The maximum atomic E-state index is 10.5. The number of aromatic nitrogens is 2. The van der Waals surface area contributed by atoms with Gasteiger partial charge >= 0.3 is 17.1 Å². The molecule has 0 saturated carbocycles. The van der Waals surface area contributed by atoms with Crippen LogP contribution in [0.4, 0.5) is 0 Å². The second-order valence-corrected chi connectivity index (χ2v) is 5.41. The number of carbonyl (C=O) groups is 2. The molecule has 0 unspecified atom stereocenters. The summed E-state index contributed by atoms with van der Waals surface area (Å²) in [6.45, 7) is 0. The van der Waals surface area contributed by atoms with E-state index >= 15 is 0 Å². The van der Waals surface area contributed by atoms with E-state index < -0.39 is 11.9 Å². The largest absolute Gasteiger partial charge is 2.00 e. The van der Waals surface area contributed by atoms with Crippen molar-refractivity contribution < 1.29 is 47.1 Å². The Morgan fingerprint density at radius 1 is 0.645 bits per heavy atom. The van der Waals surface area contributed by atoms with Gasteiger partial charge in [0.2, 0.25) is 0 Å². The van der Waals surface area contributed by atoms with Crippen LogP contribution in [0.2, 0.25) is 0 Å². The van der Waals surface area contributed by atoms with E-state index in [-0.39, 0.29) is 28.5 Å². The summed E-state index contributed by atoms with van der Waals surface area (Å²) in [4.78, 5) is 28.4. The summed E-state index contributed by atoms with van der Waals surface area (Å²) >= 11 is 0. The summed E-state index contributed by atoms with van der Waals surface area (Å²) in [6.07, 6.45) is 3.06. The summed E-state index contributed by atoms with van der Waals surface area (Å²) in [5.74, 6) is -2.49. The van der Waals surface area contributed by atoms with Gasteiger partial charge in [-0.15, -0.1) is 0 Å². The van der Waals surface area contributed by atoms with Crippen molar-refractivity contribution in [2.75, 3.05) is 14.2 Å². The second-order valence-electron chi connectivity index (χ2n) is 5.41. The van der Waals surface area contributed by atoms with Gasteiger partial charge in [-0.1, -0.05) is 48.5 Å². The van der Waals surface area contributed by atoms with Crippen molar-refractivity contribution in [2.45, 2.75) is 0 Å². The first-order valence-corrected chi connectivity index (χ1v) is 8.56. The predicted octanol–water partition coefficient (Wildman–Crippen LogP) is 0.411. The van der Waals surface area contributed by atoms with Crippen molar-refractivity contribution in [3.8, 4) is 0 Å². The maximum Gasteiger partial charge on any atom is 2.00 e. The Morgan fingerprint density at radius 3 is 1.23 bits per heavy atom. The van der Waals surface area contributed by atoms with E-state index in [0.717, 1.165) is 35.8 Å². The van der Waals surface area contributed by atoms with Gasteiger partial charge in [0.25, 0.3) is 0 Å². The maximum absolute atomic E-state index is 10.5. The zero-order valence-electron chi connectivity index (χ0n) is 16.7. The van der Waals surface area contributed by atoms with Gasteiger partial charge in [0.15, 0.2) is 0 Å². The summed E-state index contributed by atoms with van der Waals surface area (Å²) in [6, 6.07) is 17.9. The summed E-state index contributed by atoms with van der Waals surface area (Å²) in [7, 11) is 2.00. The molecule has 31 heavy (non-hydrogen) atoms. The van der Waals surface area contributed by atoms with E-state index in [0.29, 0.717) is 0 Å². The fourth-order valence-electron chi connectivity index (χ4n) is 2.39. The quantitative estimate of drug-likeness (QED) is 0.406. The average Bonchev–Trinajstić information content (AvgIpc) is 2.81. The smallest absolute Gasteiger partial charge is 0.543 e. The number of aliphatic hydroxyl groups is 2. The topological polar surface area (TPSA) is 146 Å². The van der Waals surface area contributed by atoms with Crippen molar-refractivity contribution in [3.63, 3.8) is 0 Å². The molecule has 0 radical (unpaired) electrons. The number of aromatic carboxylic acids is 2. The van der Waals surface area contributed by atoms with Crippen LogP contribution in [-0.4, -0.2) is 46.3 Å². The number of hydrogen-bond acceptors (Lipinski definition) is 8. The fourth-order valence-corrected chi connectivity index (χ4v) is 2.39. The zero-order chi connectivity index (χ0) is 22.5. The minimum atomic E-state index is -1.24. The Labute approximate surface area is 189 Å². The molecular formula is C22H20FeN2O6. The number of nitrogens with zero attached hydrogens (tertiary/aromatic N) is 2. The SMILES string of the molecule is CO.CO.O=C([O-])c1cc2ccccc2cn1.O=C([O-])c1cc2ccccc2cn1.[Fe+2]. The molecule has 0 aliphatic heterocycles. The van der Waals surface area contributed by atoms with Crippen molar-refractivity contribution in [2.24, 2.45) is 0 Å². The molecule has 4 aromatic rings. The monoisotopic (exact) mass is 464 g/mol. The first-order chi connectivity index (χ1) is 14.5. The van der Waals surface area contributed by atoms with Crippen LogP contribution in [0.5, 0.6) is 0 Å². The molecule has 2 aromatic carbocycles. The Morgan fingerprint density at radius 2 is 0.935 bits per heavy atom.